The number of rotatable bonds is 8. The van der Waals surface area contributed by atoms with E-state index in [0.717, 1.165) is 0 Å². The number of aliphatic hydroxyl groups is 2. The molecule has 7 nitrogen and oxygen atoms in total. The summed E-state index contributed by atoms with van der Waals surface area (Å²) < 4.78 is 0. The van der Waals surface area contributed by atoms with Crippen molar-refractivity contribution in [1.82, 2.24) is 14.9 Å². The fraction of sp³-hybridized carbons (Fsp3) is 0.643. The first-order valence-corrected chi connectivity index (χ1v) is 7.16. The molecule has 118 valence electrons. The first-order valence-electron chi connectivity index (χ1n) is 7.16. The Hall–Kier alpha value is -1.73. The second-order valence-corrected chi connectivity index (χ2v) is 4.91. The summed E-state index contributed by atoms with van der Waals surface area (Å²) in [7, 11) is 0. The molecule has 21 heavy (non-hydrogen) atoms. The molecule has 0 aromatic carbocycles. The van der Waals surface area contributed by atoms with Crippen LogP contribution >= 0.6 is 0 Å². The van der Waals surface area contributed by atoms with Gasteiger partial charge >= 0.3 is 0 Å². The number of anilines is 1. The molecule has 0 radical (unpaired) electrons. The van der Waals surface area contributed by atoms with Crippen LogP contribution in [0, 0.1) is 0 Å². The summed E-state index contributed by atoms with van der Waals surface area (Å²) >= 11 is 0. The van der Waals surface area contributed by atoms with Gasteiger partial charge in [-0.2, -0.15) is 0 Å². The number of nitrogens with one attached hydrogen (secondary N) is 1. The average Bonchev–Trinajstić information content (AvgIpc) is 2.47. The van der Waals surface area contributed by atoms with Gasteiger partial charge in [-0.15, -0.1) is 0 Å². The van der Waals surface area contributed by atoms with Crippen molar-refractivity contribution in [3.8, 4) is 0 Å². The maximum Gasteiger partial charge on any atom is 0.274 e. The molecular formula is C14H24N4O3. The normalized spacial score (nSPS) is 10.8. The Bertz CT molecular complexity index is 460. The number of hydrogen-bond donors (Lipinski definition) is 3. The van der Waals surface area contributed by atoms with Crippen LogP contribution in [0.3, 0.4) is 0 Å². The lowest BCUT2D eigenvalue weighted by molar-refractivity contribution is 0.0679. The zero-order chi connectivity index (χ0) is 15.8. The first-order chi connectivity index (χ1) is 10.0. The minimum atomic E-state index is -0.321. The highest BCUT2D eigenvalue weighted by Crippen LogP contribution is 2.18. The Balaban J connectivity index is 3.15. The van der Waals surface area contributed by atoms with Gasteiger partial charge in [-0.3, -0.25) is 4.79 Å². The Labute approximate surface area is 125 Å². The average molecular weight is 296 g/mol. The third-order valence-corrected chi connectivity index (χ3v) is 2.92. The van der Waals surface area contributed by atoms with Gasteiger partial charge in [-0.1, -0.05) is 13.8 Å². The lowest BCUT2D eigenvalue weighted by Crippen LogP contribution is -2.37. The SMILES string of the molecule is CCNc1cnc(C(C)C)nc1C(=O)N(CCO)CCO. The maximum absolute atomic E-state index is 12.6. The summed E-state index contributed by atoms with van der Waals surface area (Å²) in [6, 6.07) is 0. The van der Waals surface area contributed by atoms with Gasteiger partial charge in [0.15, 0.2) is 5.69 Å². The summed E-state index contributed by atoms with van der Waals surface area (Å²) in [4.78, 5) is 22.5. The molecule has 3 N–H and O–H groups in total. The minimum Gasteiger partial charge on any atom is -0.395 e. The molecule has 1 aromatic heterocycles. The molecule has 0 bridgehead atoms. The molecule has 1 aromatic rings. The van der Waals surface area contributed by atoms with Crippen molar-refractivity contribution in [3.63, 3.8) is 0 Å². The molecule has 0 unspecified atom stereocenters. The molecule has 0 fully saturated rings. The second kappa shape index (κ2) is 8.53. The molecule has 0 saturated carbocycles. The van der Waals surface area contributed by atoms with Crippen LogP contribution in [-0.4, -0.2) is 63.8 Å². The molecule has 0 aliphatic heterocycles. The van der Waals surface area contributed by atoms with Crippen molar-refractivity contribution in [1.29, 1.82) is 0 Å². The van der Waals surface area contributed by atoms with Crippen LogP contribution in [0.25, 0.3) is 0 Å². The highest BCUT2D eigenvalue weighted by molar-refractivity contribution is 5.97. The summed E-state index contributed by atoms with van der Waals surface area (Å²) in [5, 5.41) is 21.2. The molecule has 0 atom stereocenters. The lowest BCUT2D eigenvalue weighted by atomic mass is 10.2. The fourth-order valence-corrected chi connectivity index (χ4v) is 1.86. The van der Waals surface area contributed by atoms with Crippen LogP contribution in [0.15, 0.2) is 6.20 Å². The summed E-state index contributed by atoms with van der Waals surface area (Å²) in [5.41, 5.74) is 0.838. The summed E-state index contributed by atoms with van der Waals surface area (Å²) in [6.07, 6.45) is 1.61. The zero-order valence-electron chi connectivity index (χ0n) is 12.8. The number of carbonyl (C=O) groups excluding carboxylic acids is 1. The van der Waals surface area contributed by atoms with E-state index in [4.69, 9.17) is 10.2 Å². The molecule has 1 amide bonds. The van der Waals surface area contributed by atoms with Gasteiger partial charge < -0.3 is 20.4 Å². The third-order valence-electron chi connectivity index (χ3n) is 2.92. The van der Waals surface area contributed by atoms with Crippen LogP contribution in [0.5, 0.6) is 0 Å². The van der Waals surface area contributed by atoms with E-state index in [0.29, 0.717) is 18.1 Å². The van der Waals surface area contributed by atoms with Gasteiger partial charge in [-0.05, 0) is 6.92 Å². The monoisotopic (exact) mass is 296 g/mol. The molecule has 1 rings (SSSR count). The number of amides is 1. The highest BCUT2D eigenvalue weighted by atomic mass is 16.3. The highest BCUT2D eigenvalue weighted by Gasteiger charge is 2.21. The topological polar surface area (TPSA) is 98.6 Å². The van der Waals surface area contributed by atoms with Gasteiger partial charge in [0.2, 0.25) is 0 Å². The van der Waals surface area contributed by atoms with Gasteiger partial charge in [0.25, 0.3) is 5.91 Å². The molecule has 0 spiro atoms. The molecule has 0 aliphatic carbocycles. The number of aromatic nitrogens is 2. The van der Waals surface area contributed by atoms with E-state index in [1.165, 1.54) is 4.90 Å². The van der Waals surface area contributed by atoms with Crippen LogP contribution in [0.1, 0.15) is 43.0 Å². The number of nitrogens with zero attached hydrogens (tertiary/aromatic N) is 3. The van der Waals surface area contributed by atoms with Gasteiger partial charge in [0.05, 0.1) is 25.1 Å². The van der Waals surface area contributed by atoms with Gasteiger partial charge in [0, 0.05) is 25.6 Å². The van der Waals surface area contributed by atoms with Crippen molar-refractivity contribution in [2.75, 3.05) is 38.2 Å². The quantitative estimate of drug-likeness (QED) is 0.644. The van der Waals surface area contributed by atoms with E-state index < -0.39 is 0 Å². The Morgan fingerprint density at radius 2 is 1.95 bits per heavy atom. The van der Waals surface area contributed by atoms with Gasteiger partial charge in [-0.25, -0.2) is 9.97 Å². The maximum atomic E-state index is 12.6. The predicted octanol–water partition coefficient (Wildman–Crippen LogP) is 0.459. The standard InChI is InChI=1S/C14H24N4O3/c1-4-15-11-9-16-13(10(2)3)17-12(11)14(21)18(5-7-19)6-8-20/h9-10,15,19-20H,4-8H2,1-3H3. The van der Waals surface area contributed by atoms with Gasteiger partial charge in [0.1, 0.15) is 5.82 Å². The molecule has 0 aliphatic rings. The third kappa shape index (κ3) is 4.64. The minimum absolute atomic E-state index is 0.108. The largest absolute Gasteiger partial charge is 0.395 e. The summed E-state index contributed by atoms with van der Waals surface area (Å²) in [6.45, 7) is 6.46. The van der Waals surface area contributed by atoms with Crippen molar-refractivity contribution in [3.05, 3.63) is 17.7 Å². The van der Waals surface area contributed by atoms with Crippen molar-refractivity contribution >= 4 is 11.6 Å². The number of aliphatic hydroxyl groups excluding tert-OH is 2. The number of carbonyl (C=O) groups is 1. The van der Waals surface area contributed by atoms with Crippen LogP contribution in [-0.2, 0) is 0 Å². The van der Waals surface area contributed by atoms with E-state index in [1.807, 2.05) is 20.8 Å². The van der Waals surface area contributed by atoms with Crippen molar-refractivity contribution < 1.29 is 15.0 Å². The van der Waals surface area contributed by atoms with Crippen molar-refractivity contribution in [2.45, 2.75) is 26.7 Å². The Morgan fingerprint density at radius 1 is 1.33 bits per heavy atom. The van der Waals surface area contributed by atoms with Crippen LogP contribution in [0.4, 0.5) is 5.69 Å². The van der Waals surface area contributed by atoms with E-state index in [-0.39, 0.29) is 43.8 Å². The predicted molar refractivity (Wildman–Crippen MR) is 80.4 cm³/mol. The zero-order valence-corrected chi connectivity index (χ0v) is 12.8. The molecule has 7 heteroatoms. The molecular weight excluding hydrogens is 272 g/mol. The van der Waals surface area contributed by atoms with E-state index in [1.54, 1.807) is 6.20 Å². The van der Waals surface area contributed by atoms with E-state index in [9.17, 15) is 4.79 Å². The van der Waals surface area contributed by atoms with E-state index >= 15 is 0 Å². The van der Waals surface area contributed by atoms with Crippen molar-refractivity contribution in [2.24, 2.45) is 0 Å². The second-order valence-electron chi connectivity index (χ2n) is 4.91. The fourth-order valence-electron chi connectivity index (χ4n) is 1.86. The lowest BCUT2D eigenvalue weighted by Gasteiger charge is -2.22. The number of hydrogen-bond acceptors (Lipinski definition) is 6. The smallest absolute Gasteiger partial charge is 0.274 e. The van der Waals surface area contributed by atoms with E-state index in [2.05, 4.69) is 15.3 Å². The van der Waals surface area contributed by atoms with Crippen LogP contribution < -0.4 is 5.32 Å². The summed E-state index contributed by atoms with van der Waals surface area (Å²) in [5.74, 6) is 0.377. The Morgan fingerprint density at radius 3 is 2.43 bits per heavy atom. The molecule has 1 heterocycles. The van der Waals surface area contributed by atoms with Crippen LogP contribution in [0.2, 0.25) is 0 Å². The molecule has 0 saturated heterocycles. The first kappa shape index (κ1) is 17.3. The Kier molecular flexibility index (Phi) is 7.04.